The fraction of sp³-hybridized carbons (Fsp3) is 0.0588. The predicted octanol–water partition coefficient (Wildman–Crippen LogP) is 3.79. The van der Waals surface area contributed by atoms with Gasteiger partial charge in [-0.1, -0.05) is 36.4 Å². The molecule has 0 aliphatic rings. The third-order valence-corrected chi connectivity index (χ3v) is 2.86. The Morgan fingerprint density at radius 3 is 2.50 bits per heavy atom. The highest BCUT2D eigenvalue weighted by molar-refractivity contribution is 5.74. The highest BCUT2D eigenvalue weighted by atomic mass is 16.5. The summed E-state index contributed by atoms with van der Waals surface area (Å²) in [6.07, 6.45) is 1.57. The second-order valence-corrected chi connectivity index (χ2v) is 4.11. The normalized spacial score (nSPS) is 9.15. The Labute approximate surface area is 118 Å². The molecule has 0 N–H and O–H groups in total. The lowest BCUT2D eigenvalue weighted by Crippen LogP contribution is -1.87. The van der Waals surface area contributed by atoms with E-state index in [4.69, 9.17) is 15.3 Å². The Bertz CT molecular complexity index is 717. The first-order chi connectivity index (χ1) is 9.78. The summed E-state index contributed by atoms with van der Waals surface area (Å²) in [5.74, 6) is 0.786. The van der Waals surface area contributed by atoms with Gasteiger partial charge in [0.15, 0.2) is 0 Å². The van der Waals surface area contributed by atoms with E-state index in [1.807, 2.05) is 60.7 Å². The van der Waals surface area contributed by atoms with Gasteiger partial charge in [-0.05, 0) is 29.3 Å². The zero-order valence-corrected chi connectivity index (χ0v) is 11.0. The van der Waals surface area contributed by atoms with Crippen molar-refractivity contribution in [3.63, 3.8) is 0 Å². The molecule has 0 radical (unpaired) electrons. The minimum atomic E-state index is 0.0853. The van der Waals surface area contributed by atoms with E-state index >= 15 is 0 Å². The number of allylic oxidation sites excluding steroid dienone is 1. The van der Waals surface area contributed by atoms with Crippen LogP contribution in [0.1, 0.15) is 5.56 Å². The van der Waals surface area contributed by atoms with E-state index in [2.05, 4.69) is 0 Å². The predicted molar refractivity (Wildman–Crippen MR) is 77.6 cm³/mol. The van der Waals surface area contributed by atoms with E-state index in [0.717, 1.165) is 22.4 Å². The van der Waals surface area contributed by atoms with Crippen molar-refractivity contribution in [3.8, 4) is 29.0 Å². The lowest BCUT2D eigenvalue weighted by Gasteiger charge is -2.08. The summed E-state index contributed by atoms with van der Waals surface area (Å²) < 4.78 is 5.34. The maximum atomic E-state index is 8.80. The molecule has 0 aliphatic heterocycles. The van der Waals surface area contributed by atoms with Crippen molar-refractivity contribution in [1.82, 2.24) is 0 Å². The lowest BCUT2D eigenvalue weighted by atomic mass is 10.0. The van der Waals surface area contributed by atoms with E-state index in [-0.39, 0.29) is 5.57 Å². The molecule has 0 unspecified atom stereocenters. The van der Waals surface area contributed by atoms with Gasteiger partial charge in [0.05, 0.1) is 7.11 Å². The van der Waals surface area contributed by atoms with Gasteiger partial charge in [-0.2, -0.15) is 10.5 Å². The lowest BCUT2D eigenvalue weighted by molar-refractivity contribution is 0.416. The molecule has 0 atom stereocenters. The van der Waals surface area contributed by atoms with E-state index in [1.165, 1.54) is 0 Å². The van der Waals surface area contributed by atoms with Gasteiger partial charge in [-0.3, -0.25) is 0 Å². The number of hydrogen-bond acceptors (Lipinski definition) is 3. The van der Waals surface area contributed by atoms with Crippen LogP contribution >= 0.6 is 0 Å². The molecule has 20 heavy (non-hydrogen) atoms. The van der Waals surface area contributed by atoms with Crippen LogP contribution in [0.5, 0.6) is 5.75 Å². The van der Waals surface area contributed by atoms with Crippen LogP contribution in [0.15, 0.2) is 54.1 Å². The van der Waals surface area contributed by atoms with Gasteiger partial charge in [0.25, 0.3) is 0 Å². The standard InChI is InChI=1S/C17H12N2O/c1-20-17-8-3-2-7-16(17)15-6-4-5-13(10-15)9-14(11-18)12-19/h2-10H,1H3. The number of hydrogen-bond donors (Lipinski definition) is 0. The number of nitrogens with zero attached hydrogens (tertiary/aromatic N) is 2. The Morgan fingerprint density at radius 1 is 1.05 bits per heavy atom. The molecular formula is C17H12N2O. The summed E-state index contributed by atoms with van der Waals surface area (Å²) >= 11 is 0. The van der Waals surface area contributed by atoms with Crippen molar-refractivity contribution in [2.45, 2.75) is 0 Å². The van der Waals surface area contributed by atoms with Crippen molar-refractivity contribution >= 4 is 6.08 Å². The van der Waals surface area contributed by atoms with E-state index in [9.17, 15) is 0 Å². The molecule has 0 aromatic heterocycles. The summed E-state index contributed by atoms with van der Waals surface area (Å²) in [6, 6.07) is 19.1. The Hall–Kier alpha value is -3.04. The number of rotatable bonds is 3. The van der Waals surface area contributed by atoms with Gasteiger partial charge in [-0.15, -0.1) is 0 Å². The second kappa shape index (κ2) is 6.22. The highest BCUT2D eigenvalue weighted by Gasteiger charge is 2.05. The van der Waals surface area contributed by atoms with Gasteiger partial charge in [0.1, 0.15) is 23.5 Å². The molecule has 0 bridgehead atoms. The molecule has 0 heterocycles. The average molecular weight is 260 g/mol. The van der Waals surface area contributed by atoms with Crippen molar-refractivity contribution in [2.24, 2.45) is 0 Å². The van der Waals surface area contributed by atoms with Crippen LogP contribution in [-0.2, 0) is 0 Å². The second-order valence-electron chi connectivity index (χ2n) is 4.11. The maximum Gasteiger partial charge on any atom is 0.130 e. The Kier molecular flexibility index (Phi) is 4.17. The first-order valence-electron chi connectivity index (χ1n) is 6.04. The van der Waals surface area contributed by atoms with Crippen LogP contribution in [0.2, 0.25) is 0 Å². The molecule has 0 amide bonds. The maximum absolute atomic E-state index is 8.80. The average Bonchev–Trinajstić information content (AvgIpc) is 2.52. The minimum Gasteiger partial charge on any atom is -0.496 e. The minimum absolute atomic E-state index is 0.0853. The number of methoxy groups -OCH3 is 1. The SMILES string of the molecule is COc1ccccc1-c1cccc(C=C(C#N)C#N)c1. The van der Waals surface area contributed by atoms with Gasteiger partial charge >= 0.3 is 0 Å². The van der Waals surface area contributed by atoms with Gasteiger partial charge in [0, 0.05) is 5.56 Å². The fourth-order valence-electron chi connectivity index (χ4n) is 1.94. The topological polar surface area (TPSA) is 56.8 Å². The summed E-state index contributed by atoms with van der Waals surface area (Å²) in [5, 5.41) is 17.6. The first kappa shape index (κ1) is 13.4. The number of para-hydroxylation sites is 1. The van der Waals surface area contributed by atoms with Crippen LogP contribution in [0.25, 0.3) is 17.2 Å². The number of ether oxygens (including phenoxy) is 1. The summed E-state index contributed by atoms with van der Waals surface area (Å²) in [5.41, 5.74) is 2.85. The quantitative estimate of drug-likeness (QED) is 0.789. The molecule has 3 heteroatoms. The van der Waals surface area contributed by atoms with Gasteiger partial charge in [0.2, 0.25) is 0 Å². The van der Waals surface area contributed by atoms with Crippen molar-refractivity contribution in [3.05, 3.63) is 59.7 Å². The molecule has 0 saturated heterocycles. The smallest absolute Gasteiger partial charge is 0.130 e. The van der Waals surface area contributed by atoms with Crippen LogP contribution < -0.4 is 4.74 Å². The molecule has 2 rings (SSSR count). The molecule has 0 saturated carbocycles. The van der Waals surface area contributed by atoms with Crippen molar-refractivity contribution in [1.29, 1.82) is 10.5 Å². The number of nitriles is 2. The van der Waals surface area contributed by atoms with Gasteiger partial charge < -0.3 is 4.74 Å². The third kappa shape index (κ3) is 2.85. The zero-order chi connectivity index (χ0) is 14.4. The first-order valence-corrected chi connectivity index (χ1v) is 6.04. The molecule has 0 fully saturated rings. The van der Waals surface area contributed by atoms with Crippen LogP contribution in [0, 0.1) is 22.7 Å². The van der Waals surface area contributed by atoms with Crippen LogP contribution in [0.3, 0.4) is 0 Å². The molecule has 2 aromatic carbocycles. The van der Waals surface area contributed by atoms with E-state index in [0.29, 0.717) is 0 Å². The molecular weight excluding hydrogens is 248 g/mol. The molecule has 2 aromatic rings. The van der Waals surface area contributed by atoms with Crippen LogP contribution in [0.4, 0.5) is 0 Å². The van der Waals surface area contributed by atoms with Gasteiger partial charge in [-0.25, -0.2) is 0 Å². The Balaban J connectivity index is 2.48. The number of benzene rings is 2. The van der Waals surface area contributed by atoms with Crippen LogP contribution in [-0.4, -0.2) is 7.11 Å². The van der Waals surface area contributed by atoms with E-state index in [1.54, 1.807) is 13.2 Å². The highest BCUT2D eigenvalue weighted by Crippen LogP contribution is 2.30. The van der Waals surface area contributed by atoms with Crippen molar-refractivity contribution < 1.29 is 4.74 Å². The third-order valence-electron chi connectivity index (χ3n) is 2.86. The Morgan fingerprint density at radius 2 is 1.80 bits per heavy atom. The van der Waals surface area contributed by atoms with Crippen molar-refractivity contribution in [2.75, 3.05) is 7.11 Å². The monoisotopic (exact) mass is 260 g/mol. The molecule has 0 aliphatic carbocycles. The fourth-order valence-corrected chi connectivity index (χ4v) is 1.94. The summed E-state index contributed by atoms with van der Waals surface area (Å²) in [4.78, 5) is 0. The molecule has 0 spiro atoms. The zero-order valence-electron chi connectivity index (χ0n) is 11.0. The molecule has 96 valence electrons. The summed E-state index contributed by atoms with van der Waals surface area (Å²) in [7, 11) is 1.63. The largest absolute Gasteiger partial charge is 0.496 e. The molecule has 3 nitrogen and oxygen atoms in total. The van der Waals surface area contributed by atoms with E-state index < -0.39 is 0 Å². The summed E-state index contributed by atoms with van der Waals surface area (Å²) in [6.45, 7) is 0.